The summed E-state index contributed by atoms with van der Waals surface area (Å²) >= 11 is 1.98. The zero-order valence-electron chi connectivity index (χ0n) is 13.7. The predicted octanol–water partition coefficient (Wildman–Crippen LogP) is 5.92. The molecule has 0 saturated heterocycles. The number of benzene rings is 2. The molecule has 0 amide bonds. The van der Waals surface area contributed by atoms with E-state index in [-0.39, 0.29) is 0 Å². The molecule has 2 aromatic carbocycles. The number of hydrogen-bond donors (Lipinski definition) is 0. The summed E-state index contributed by atoms with van der Waals surface area (Å²) in [5.74, 6) is 3.52. The van der Waals surface area contributed by atoms with E-state index >= 15 is 0 Å². The Bertz CT molecular complexity index is 584. The van der Waals surface area contributed by atoms with E-state index < -0.39 is 0 Å². The summed E-state index contributed by atoms with van der Waals surface area (Å²) in [6.45, 7) is 6.87. The molecule has 116 valence electrons. The molecule has 2 heteroatoms. The van der Waals surface area contributed by atoms with Gasteiger partial charge in [-0.1, -0.05) is 55.5 Å². The summed E-state index contributed by atoms with van der Waals surface area (Å²) in [7, 11) is 0.300. The fraction of sp³-hybridized carbons (Fsp3) is 0.300. The van der Waals surface area contributed by atoms with Crippen LogP contribution in [-0.2, 0) is 10.9 Å². The first kappa shape index (κ1) is 17.2. The second-order valence-electron chi connectivity index (χ2n) is 4.89. The van der Waals surface area contributed by atoms with E-state index in [1.807, 2.05) is 11.8 Å². The second-order valence-corrected chi connectivity index (χ2v) is 8.72. The second kappa shape index (κ2) is 9.12. The third-order valence-corrected chi connectivity index (χ3v) is 7.11. The van der Waals surface area contributed by atoms with Gasteiger partial charge in [-0.25, -0.2) is 0 Å². The first-order valence-corrected chi connectivity index (χ1v) is 10.5. The van der Waals surface area contributed by atoms with Gasteiger partial charge in [-0.05, 0) is 37.3 Å². The van der Waals surface area contributed by atoms with Crippen molar-refractivity contribution in [1.82, 2.24) is 0 Å². The van der Waals surface area contributed by atoms with Crippen molar-refractivity contribution in [3.05, 3.63) is 71.8 Å². The fourth-order valence-electron chi connectivity index (χ4n) is 2.53. The van der Waals surface area contributed by atoms with E-state index in [1.165, 1.54) is 27.5 Å². The molecule has 2 aromatic rings. The van der Waals surface area contributed by atoms with Crippen molar-refractivity contribution in [2.24, 2.45) is 0 Å². The quantitative estimate of drug-likeness (QED) is 0.448. The van der Waals surface area contributed by atoms with Crippen molar-refractivity contribution in [2.75, 3.05) is 17.3 Å². The maximum absolute atomic E-state index is 2.31. The van der Waals surface area contributed by atoms with Gasteiger partial charge in [0, 0.05) is 16.5 Å². The van der Waals surface area contributed by atoms with Crippen LogP contribution in [0.4, 0.5) is 0 Å². The van der Waals surface area contributed by atoms with Gasteiger partial charge in [-0.3, -0.25) is 0 Å². The molecule has 0 aliphatic carbocycles. The van der Waals surface area contributed by atoms with E-state index in [0.717, 1.165) is 5.75 Å². The van der Waals surface area contributed by atoms with Crippen LogP contribution in [0.5, 0.6) is 0 Å². The Labute approximate surface area is 142 Å². The molecule has 0 unspecified atom stereocenters. The summed E-state index contributed by atoms with van der Waals surface area (Å²) in [6, 6.07) is 21.8. The Morgan fingerprint density at radius 3 is 1.73 bits per heavy atom. The number of rotatable bonds is 7. The summed E-state index contributed by atoms with van der Waals surface area (Å²) in [4.78, 5) is 3.00. The Kier molecular flexibility index (Phi) is 7.14. The molecule has 0 heterocycles. The highest BCUT2D eigenvalue weighted by Gasteiger charge is 2.27. The average molecular weight is 330 g/mol. The lowest BCUT2D eigenvalue weighted by atomic mass is 10.1. The van der Waals surface area contributed by atoms with Gasteiger partial charge in [0.25, 0.3) is 0 Å². The lowest BCUT2D eigenvalue weighted by molar-refractivity contribution is 1.44. The van der Waals surface area contributed by atoms with Crippen LogP contribution in [0, 0.1) is 0 Å². The van der Waals surface area contributed by atoms with Gasteiger partial charge in [0.15, 0.2) is 4.91 Å². The largest absolute Gasteiger partial charge is 0.176 e. The van der Waals surface area contributed by atoms with Crippen molar-refractivity contribution in [1.29, 1.82) is 0 Å². The third-order valence-electron chi connectivity index (χ3n) is 3.55. The van der Waals surface area contributed by atoms with Crippen LogP contribution in [0.15, 0.2) is 60.7 Å². The molecule has 2 rings (SSSR count). The maximum Gasteiger partial charge on any atom is 0.176 e. The third kappa shape index (κ3) is 4.21. The van der Waals surface area contributed by atoms with Gasteiger partial charge in [0.2, 0.25) is 0 Å². The Morgan fingerprint density at radius 2 is 1.27 bits per heavy atom. The number of hydrogen-bond acceptors (Lipinski definition) is 1. The Balaban J connectivity index is 2.65. The first-order valence-electron chi connectivity index (χ1n) is 7.97. The van der Waals surface area contributed by atoms with Gasteiger partial charge >= 0.3 is 0 Å². The van der Waals surface area contributed by atoms with Crippen LogP contribution in [0.3, 0.4) is 0 Å². The summed E-state index contributed by atoms with van der Waals surface area (Å²) in [5.41, 5.74) is 2.74. The van der Waals surface area contributed by atoms with Crippen LogP contribution in [0.1, 0.15) is 31.9 Å². The molecule has 0 bridgehead atoms. The molecule has 0 atom stereocenters. The molecule has 0 aliphatic heterocycles. The van der Waals surface area contributed by atoms with Crippen LogP contribution >= 0.6 is 11.8 Å². The molecular weight excluding hydrogens is 304 g/mol. The molecule has 0 aliphatic rings. The monoisotopic (exact) mass is 329 g/mol. The van der Waals surface area contributed by atoms with Crippen LogP contribution < -0.4 is 0 Å². The molecule has 0 saturated carbocycles. The summed E-state index contributed by atoms with van der Waals surface area (Å²) < 4.78 is 0. The SMILES string of the molecule is CCS/C(=C(\c1ccccc1)[S+](CC)CC)c1ccccc1. The zero-order valence-corrected chi connectivity index (χ0v) is 15.3. The van der Waals surface area contributed by atoms with E-state index in [0.29, 0.717) is 10.9 Å². The highest BCUT2D eigenvalue weighted by molar-refractivity contribution is 8.12. The Hall–Kier alpha value is -1.12. The van der Waals surface area contributed by atoms with E-state index in [2.05, 4.69) is 81.4 Å². The highest BCUT2D eigenvalue weighted by atomic mass is 32.2. The smallest absolute Gasteiger partial charge is 0.121 e. The normalized spacial score (nSPS) is 12.4. The van der Waals surface area contributed by atoms with Crippen molar-refractivity contribution in [3.63, 3.8) is 0 Å². The molecule has 0 nitrogen and oxygen atoms in total. The van der Waals surface area contributed by atoms with Crippen LogP contribution in [0.2, 0.25) is 0 Å². The topological polar surface area (TPSA) is 0 Å². The molecule has 0 fully saturated rings. The van der Waals surface area contributed by atoms with E-state index in [1.54, 1.807) is 4.91 Å². The van der Waals surface area contributed by atoms with Gasteiger partial charge in [0.1, 0.15) is 11.5 Å². The molecule has 22 heavy (non-hydrogen) atoms. The highest BCUT2D eigenvalue weighted by Crippen LogP contribution is 2.39. The lowest BCUT2D eigenvalue weighted by Crippen LogP contribution is -2.11. The first-order chi connectivity index (χ1) is 10.8. The minimum atomic E-state index is 0.300. The van der Waals surface area contributed by atoms with Gasteiger partial charge in [-0.2, -0.15) is 0 Å². The summed E-state index contributed by atoms with van der Waals surface area (Å²) in [6.07, 6.45) is 0. The van der Waals surface area contributed by atoms with Gasteiger partial charge in [0.05, 0.1) is 4.91 Å². The molecule has 0 N–H and O–H groups in total. The zero-order chi connectivity index (χ0) is 15.8. The molecular formula is C20H25S2+. The van der Waals surface area contributed by atoms with Crippen molar-refractivity contribution < 1.29 is 0 Å². The number of thioether (sulfide) groups is 1. The molecule has 0 radical (unpaired) electrons. The van der Waals surface area contributed by atoms with Gasteiger partial charge in [-0.15, -0.1) is 11.8 Å². The standard InChI is InChI=1S/C20H25S2/c1-4-21-19(17-13-9-7-10-14-17)20(22(5-2)6-3)18-15-11-8-12-16-18/h7-16H,4-6H2,1-3H3/q+1/b20-19+. The Morgan fingerprint density at radius 1 is 0.773 bits per heavy atom. The predicted molar refractivity (Wildman–Crippen MR) is 106 cm³/mol. The van der Waals surface area contributed by atoms with Crippen LogP contribution in [0.25, 0.3) is 9.81 Å². The fourth-order valence-corrected chi connectivity index (χ4v) is 5.73. The lowest BCUT2D eigenvalue weighted by Gasteiger charge is -2.15. The van der Waals surface area contributed by atoms with Crippen molar-refractivity contribution >= 4 is 32.5 Å². The van der Waals surface area contributed by atoms with E-state index in [4.69, 9.17) is 0 Å². The minimum Gasteiger partial charge on any atom is -0.121 e. The van der Waals surface area contributed by atoms with Crippen LogP contribution in [-0.4, -0.2) is 17.3 Å². The van der Waals surface area contributed by atoms with Crippen molar-refractivity contribution in [3.8, 4) is 0 Å². The molecule has 0 aromatic heterocycles. The van der Waals surface area contributed by atoms with Crippen molar-refractivity contribution in [2.45, 2.75) is 20.8 Å². The van der Waals surface area contributed by atoms with Gasteiger partial charge < -0.3 is 0 Å². The van der Waals surface area contributed by atoms with E-state index in [9.17, 15) is 0 Å². The summed E-state index contributed by atoms with van der Waals surface area (Å²) in [5, 5.41) is 0. The minimum absolute atomic E-state index is 0.300. The molecule has 0 spiro atoms. The average Bonchev–Trinajstić information content (AvgIpc) is 2.59. The maximum atomic E-state index is 2.31.